The summed E-state index contributed by atoms with van der Waals surface area (Å²) in [7, 11) is 1.68. The van der Waals surface area contributed by atoms with Crippen LogP contribution in [-0.2, 0) is 6.54 Å². The van der Waals surface area contributed by atoms with Crippen LogP contribution >= 0.6 is 27.3 Å². The largest absolute Gasteiger partial charge is 0.497 e. The van der Waals surface area contributed by atoms with Gasteiger partial charge in [-0.25, -0.2) is 0 Å². The van der Waals surface area contributed by atoms with Gasteiger partial charge in [0.15, 0.2) is 0 Å². The van der Waals surface area contributed by atoms with Crippen molar-refractivity contribution in [1.29, 1.82) is 0 Å². The maximum atomic E-state index is 5.26. The second-order valence-electron chi connectivity index (χ2n) is 4.46. The number of benzene rings is 2. The minimum Gasteiger partial charge on any atom is -0.497 e. The van der Waals surface area contributed by atoms with Gasteiger partial charge in [0.25, 0.3) is 0 Å². The lowest BCUT2D eigenvalue weighted by Crippen LogP contribution is -1.99. The molecule has 1 aromatic heterocycles. The number of nitrogens with one attached hydrogen (secondary N) is 1. The van der Waals surface area contributed by atoms with E-state index in [1.165, 1.54) is 15.6 Å². The number of thiophene rings is 1. The van der Waals surface area contributed by atoms with Gasteiger partial charge >= 0.3 is 0 Å². The van der Waals surface area contributed by atoms with Crippen molar-refractivity contribution in [1.82, 2.24) is 0 Å². The Hall–Kier alpha value is -1.52. The predicted molar refractivity (Wildman–Crippen MR) is 89.8 cm³/mol. The van der Waals surface area contributed by atoms with Crippen LogP contribution in [0.25, 0.3) is 10.1 Å². The Balaban J connectivity index is 1.83. The van der Waals surface area contributed by atoms with Gasteiger partial charge in [-0.15, -0.1) is 11.3 Å². The predicted octanol–water partition coefficient (Wildman–Crippen LogP) is 5.28. The Bertz CT molecular complexity index is 738. The molecule has 0 radical (unpaired) electrons. The summed E-state index contributed by atoms with van der Waals surface area (Å²) in [6.07, 6.45) is 0. The van der Waals surface area contributed by atoms with Gasteiger partial charge < -0.3 is 10.1 Å². The second kappa shape index (κ2) is 5.85. The molecule has 0 bridgehead atoms. The molecule has 1 heterocycles. The molecule has 0 aliphatic heterocycles. The van der Waals surface area contributed by atoms with Gasteiger partial charge in [0.1, 0.15) is 5.75 Å². The van der Waals surface area contributed by atoms with E-state index in [1.807, 2.05) is 18.2 Å². The second-order valence-corrected chi connectivity index (χ2v) is 6.22. The lowest BCUT2D eigenvalue weighted by atomic mass is 10.2. The standard InChI is InChI=1S/C16H14BrNOS/c1-19-12-6-7-14(17)15(8-12)18-9-11-10-20-16-5-3-2-4-13(11)16/h2-8,10,18H,9H2,1H3. The molecule has 3 rings (SSSR count). The SMILES string of the molecule is COc1ccc(Br)c(NCc2csc3ccccc23)c1. The zero-order valence-electron chi connectivity index (χ0n) is 11.0. The molecule has 0 saturated heterocycles. The maximum Gasteiger partial charge on any atom is 0.121 e. The normalized spacial score (nSPS) is 10.7. The topological polar surface area (TPSA) is 21.3 Å². The highest BCUT2D eigenvalue weighted by molar-refractivity contribution is 9.10. The van der Waals surface area contributed by atoms with Crippen molar-refractivity contribution in [2.24, 2.45) is 0 Å². The summed E-state index contributed by atoms with van der Waals surface area (Å²) in [5.41, 5.74) is 2.36. The van der Waals surface area contributed by atoms with Gasteiger partial charge in [0, 0.05) is 21.8 Å². The highest BCUT2D eigenvalue weighted by Gasteiger charge is 2.05. The fourth-order valence-corrected chi connectivity index (χ4v) is 3.48. The molecule has 4 heteroatoms. The third-order valence-corrected chi connectivity index (χ3v) is 4.91. The van der Waals surface area contributed by atoms with Crippen molar-refractivity contribution in [2.45, 2.75) is 6.54 Å². The number of ether oxygens (including phenoxy) is 1. The number of hydrogen-bond donors (Lipinski definition) is 1. The zero-order chi connectivity index (χ0) is 13.9. The van der Waals surface area contributed by atoms with E-state index in [0.717, 1.165) is 22.5 Å². The fraction of sp³-hybridized carbons (Fsp3) is 0.125. The average molecular weight is 348 g/mol. The lowest BCUT2D eigenvalue weighted by molar-refractivity contribution is 0.415. The summed E-state index contributed by atoms with van der Waals surface area (Å²) in [4.78, 5) is 0. The van der Waals surface area contributed by atoms with E-state index < -0.39 is 0 Å². The minimum atomic E-state index is 0.801. The molecular weight excluding hydrogens is 334 g/mol. The Kier molecular flexibility index (Phi) is 3.94. The molecule has 2 aromatic carbocycles. The number of rotatable bonds is 4. The van der Waals surface area contributed by atoms with Gasteiger partial charge in [-0.05, 0) is 50.5 Å². The quantitative estimate of drug-likeness (QED) is 0.692. The molecule has 0 aliphatic rings. The van der Waals surface area contributed by atoms with Gasteiger partial charge in [-0.1, -0.05) is 18.2 Å². The third kappa shape index (κ3) is 2.67. The number of halogens is 1. The van der Waals surface area contributed by atoms with E-state index in [9.17, 15) is 0 Å². The molecular formula is C16H14BrNOS. The minimum absolute atomic E-state index is 0.801. The van der Waals surface area contributed by atoms with Crippen LogP contribution in [0.1, 0.15) is 5.56 Å². The van der Waals surface area contributed by atoms with Crippen LogP contribution < -0.4 is 10.1 Å². The van der Waals surface area contributed by atoms with E-state index in [1.54, 1.807) is 18.4 Å². The van der Waals surface area contributed by atoms with Crippen LogP contribution in [0.3, 0.4) is 0 Å². The zero-order valence-corrected chi connectivity index (χ0v) is 13.4. The van der Waals surface area contributed by atoms with Crippen LogP contribution in [0.2, 0.25) is 0 Å². The molecule has 0 fully saturated rings. The van der Waals surface area contributed by atoms with Crippen molar-refractivity contribution in [3.63, 3.8) is 0 Å². The Labute approximate surface area is 130 Å². The van der Waals surface area contributed by atoms with Crippen LogP contribution in [0, 0.1) is 0 Å². The highest BCUT2D eigenvalue weighted by Crippen LogP contribution is 2.30. The highest BCUT2D eigenvalue weighted by atomic mass is 79.9. The summed E-state index contributed by atoms with van der Waals surface area (Å²) in [5.74, 6) is 0.853. The van der Waals surface area contributed by atoms with Crippen molar-refractivity contribution >= 4 is 43.0 Å². The smallest absolute Gasteiger partial charge is 0.121 e. The van der Waals surface area contributed by atoms with E-state index in [0.29, 0.717) is 0 Å². The fourth-order valence-electron chi connectivity index (χ4n) is 2.13. The van der Waals surface area contributed by atoms with Crippen molar-refractivity contribution in [3.05, 3.63) is 57.9 Å². The van der Waals surface area contributed by atoms with Gasteiger partial charge in [-0.2, -0.15) is 0 Å². The third-order valence-electron chi connectivity index (χ3n) is 3.20. The molecule has 0 atom stereocenters. The van der Waals surface area contributed by atoms with Crippen LogP contribution in [0.15, 0.2) is 52.3 Å². The summed E-state index contributed by atoms with van der Waals surface area (Å²) in [5, 5.41) is 7.00. The first-order valence-corrected chi connectivity index (χ1v) is 7.97. The molecule has 0 saturated carbocycles. The van der Waals surface area contributed by atoms with E-state index in [2.05, 4.69) is 50.9 Å². The Morgan fingerprint density at radius 3 is 2.90 bits per heavy atom. The molecule has 1 N–H and O–H groups in total. The first-order valence-electron chi connectivity index (χ1n) is 6.30. The van der Waals surface area contributed by atoms with Crippen molar-refractivity contribution in [3.8, 4) is 5.75 Å². The van der Waals surface area contributed by atoms with Crippen molar-refractivity contribution < 1.29 is 4.74 Å². The Morgan fingerprint density at radius 1 is 1.20 bits per heavy atom. The molecule has 0 aliphatic carbocycles. The summed E-state index contributed by atoms with van der Waals surface area (Å²) < 4.78 is 7.63. The molecule has 0 unspecified atom stereocenters. The number of hydrogen-bond acceptors (Lipinski definition) is 3. The van der Waals surface area contributed by atoms with Crippen LogP contribution in [-0.4, -0.2) is 7.11 Å². The van der Waals surface area contributed by atoms with E-state index in [4.69, 9.17) is 4.74 Å². The molecule has 0 spiro atoms. The van der Waals surface area contributed by atoms with Crippen molar-refractivity contribution in [2.75, 3.05) is 12.4 Å². The van der Waals surface area contributed by atoms with Gasteiger partial charge in [-0.3, -0.25) is 0 Å². The van der Waals surface area contributed by atoms with E-state index >= 15 is 0 Å². The molecule has 2 nitrogen and oxygen atoms in total. The Morgan fingerprint density at radius 2 is 2.05 bits per heavy atom. The molecule has 20 heavy (non-hydrogen) atoms. The van der Waals surface area contributed by atoms with Gasteiger partial charge in [0.2, 0.25) is 0 Å². The molecule has 3 aromatic rings. The molecule has 102 valence electrons. The molecule has 0 amide bonds. The summed E-state index contributed by atoms with van der Waals surface area (Å²) in [6, 6.07) is 14.4. The van der Waals surface area contributed by atoms with E-state index in [-0.39, 0.29) is 0 Å². The number of anilines is 1. The monoisotopic (exact) mass is 347 g/mol. The summed E-state index contributed by atoms with van der Waals surface area (Å²) >= 11 is 5.34. The summed E-state index contributed by atoms with van der Waals surface area (Å²) in [6.45, 7) is 0.801. The van der Waals surface area contributed by atoms with Crippen LogP contribution in [0.4, 0.5) is 5.69 Å². The lowest BCUT2D eigenvalue weighted by Gasteiger charge is -2.10. The number of fused-ring (bicyclic) bond motifs is 1. The average Bonchev–Trinajstić information content (AvgIpc) is 2.90. The first kappa shape index (κ1) is 13.5. The maximum absolute atomic E-state index is 5.26. The first-order chi connectivity index (χ1) is 9.78. The van der Waals surface area contributed by atoms with Crippen LogP contribution in [0.5, 0.6) is 5.75 Å². The van der Waals surface area contributed by atoms with Gasteiger partial charge in [0.05, 0.1) is 12.8 Å². The number of methoxy groups -OCH3 is 1.